The van der Waals surface area contributed by atoms with Gasteiger partial charge in [0.15, 0.2) is 11.5 Å². The van der Waals surface area contributed by atoms with Gasteiger partial charge in [-0.15, -0.1) is 11.3 Å². The molecule has 0 saturated carbocycles. The number of hydrogen-bond acceptors (Lipinski definition) is 6. The Balaban J connectivity index is 1.61. The van der Waals surface area contributed by atoms with Gasteiger partial charge in [0.1, 0.15) is 5.01 Å². The average Bonchev–Trinajstić information content (AvgIpc) is 3.37. The monoisotopic (exact) mass is 416 g/mol. The number of thiazole rings is 1. The SMILES string of the molecule is CCCOc1ccc(C(C)NC(=O)Cc2csc(-c3ccsc3)n2)cc1OC. The zero-order valence-electron chi connectivity index (χ0n) is 16.2. The van der Waals surface area contributed by atoms with Crippen LogP contribution in [0, 0.1) is 0 Å². The Morgan fingerprint density at radius 1 is 1.25 bits per heavy atom. The van der Waals surface area contributed by atoms with Gasteiger partial charge >= 0.3 is 0 Å². The van der Waals surface area contributed by atoms with Crippen LogP contribution in [-0.2, 0) is 11.2 Å². The van der Waals surface area contributed by atoms with Gasteiger partial charge in [-0.2, -0.15) is 11.3 Å². The molecule has 1 atom stereocenters. The van der Waals surface area contributed by atoms with E-state index in [1.165, 1.54) is 0 Å². The van der Waals surface area contributed by atoms with Crippen molar-refractivity contribution in [3.63, 3.8) is 0 Å². The molecule has 0 aliphatic heterocycles. The number of thiophene rings is 1. The second kappa shape index (κ2) is 9.71. The molecule has 1 N–H and O–H groups in total. The molecule has 1 amide bonds. The molecule has 28 heavy (non-hydrogen) atoms. The fourth-order valence-corrected chi connectivity index (χ4v) is 4.26. The maximum absolute atomic E-state index is 12.5. The smallest absolute Gasteiger partial charge is 0.226 e. The van der Waals surface area contributed by atoms with Gasteiger partial charge in [-0.1, -0.05) is 13.0 Å². The van der Waals surface area contributed by atoms with Crippen molar-refractivity contribution in [1.29, 1.82) is 0 Å². The maximum Gasteiger partial charge on any atom is 0.226 e. The summed E-state index contributed by atoms with van der Waals surface area (Å²) in [6, 6.07) is 7.65. The van der Waals surface area contributed by atoms with Crippen molar-refractivity contribution in [3.05, 3.63) is 51.7 Å². The molecule has 0 bridgehead atoms. The first-order valence-electron chi connectivity index (χ1n) is 9.17. The number of carbonyl (C=O) groups excluding carboxylic acids is 1. The Morgan fingerprint density at radius 3 is 2.82 bits per heavy atom. The van der Waals surface area contributed by atoms with Gasteiger partial charge in [-0.25, -0.2) is 4.98 Å². The molecule has 0 aliphatic carbocycles. The van der Waals surface area contributed by atoms with E-state index in [1.54, 1.807) is 29.8 Å². The Morgan fingerprint density at radius 2 is 2.11 bits per heavy atom. The van der Waals surface area contributed by atoms with Gasteiger partial charge in [0.25, 0.3) is 0 Å². The minimum absolute atomic E-state index is 0.0556. The van der Waals surface area contributed by atoms with E-state index in [1.807, 2.05) is 41.9 Å². The fraction of sp³-hybridized carbons (Fsp3) is 0.333. The van der Waals surface area contributed by atoms with Gasteiger partial charge in [-0.3, -0.25) is 4.79 Å². The molecule has 2 heterocycles. The number of hydrogen-bond donors (Lipinski definition) is 1. The largest absolute Gasteiger partial charge is 0.493 e. The molecular weight excluding hydrogens is 392 g/mol. The van der Waals surface area contributed by atoms with Crippen LogP contribution >= 0.6 is 22.7 Å². The third-order valence-corrected chi connectivity index (χ3v) is 5.81. The standard InChI is InChI=1S/C21H24N2O3S2/c1-4-8-26-18-6-5-15(10-19(18)25-3)14(2)22-20(24)11-17-13-28-21(23-17)16-7-9-27-12-16/h5-7,9-10,12-14H,4,8,11H2,1-3H3,(H,22,24). The highest BCUT2D eigenvalue weighted by molar-refractivity contribution is 7.14. The summed E-state index contributed by atoms with van der Waals surface area (Å²) in [5, 5.41) is 10.0. The van der Waals surface area contributed by atoms with Crippen LogP contribution in [0.15, 0.2) is 40.4 Å². The van der Waals surface area contributed by atoms with Crippen LogP contribution in [0.5, 0.6) is 11.5 Å². The van der Waals surface area contributed by atoms with Crippen LogP contribution < -0.4 is 14.8 Å². The molecule has 2 aromatic heterocycles. The van der Waals surface area contributed by atoms with Crippen molar-refractivity contribution in [2.24, 2.45) is 0 Å². The third-order valence-electron chi connectivity index (χ3n) is 4.19. The van der Waals surface area contributed by atoms with Crippen LogP contribution in [0.3, 0.4) is 0 Å². The lowest BCUT2D eigenvalue weighted by Gasteiger charge is -2.17. The zero-order valence-corrected chi connectivity index (χ0v) is 17.9. The van der Waals surface area contributed by atoms with Crippen LogP contribution in [-0.4, -0.2) is 24.6 Å². The van der Waals surface area contributed by atoms with Gasteiger partial charge < -0.3 is 14.8 Å². The van der Waals surface area contributed by atoms with Gasteiger partial charge in [0, 0.05) is 16.3 Å². The third kappa shape index (κ3) is 5.11. The lowest BCUT2D eigenvalue weighted by molar-refractivity contribution is -0.121. The highest BCUT2D eigenvalue weighted by Crippen LogP contribution is 2.30. The van der Waals surface area contributed by atoms with Crippen LogP contribution in [0.4, 0.5) is 0 Å². The van der Waals surface area contributed by atoms with E-state index in [-0.39, 0.29) is 18.4 Å². The van der Waals surface area contributed by atoms with E-state index in [0.717, 1.165) is 34.0 Å². The number of ether oxygens (including phenoxy) is 2. The van der Waals surface area contributed by atoms with E-state index in [2.05, 4.69) is 22.6 Å². The van der Waals surface area contributed by atoms with Gasteiger partial charge in [-0.05, 0) is 42.5 Å². The molecule has 0 aliphatic rings. The van der Waals surface area contributed by atoms with Crippen molar-refractivity contribution in [2.75, 3.05) is 13.7 Å². The molecule has 3 rings (SSSR count). The summed E-state index contributed by atoms with van der Waals surface area (Å²) in [7, 11) is 1.62. The highest BCUT2D eigenvalue weighted by Gasteiger charge is 2.15. The fourth-order valence-electron chi connectivity index (χ4n) is 2.73. The first kappa shape index (κ1) is 20.4. The number of nitrogens with zero attached hydrogens (tertiary/aromatic N) is 1. The second-order valence-corrected chi connectivity index (χ2v) is 8.02. The van der Waals surface area contributed by atoms with E-state index in [4.69, 9.17) is 9.47 Å². The van der Waals surface area contributed by atoms with E-state index >= 15 is 0 Å². The second-order valence-electron chi connectivity index (χ2n) is 6.38. The van der Waals surface area contributed by atoms with Crippen LogP contribution in [0.25, 0.3) is 10.6 Å². The Hall–Kier alpha value is -2.38. The van der Waals surface area contributed by atoms with Gasteiger partial charge in [0.05, 0.1) is 31.9 Å². The predicted octanol–water partition coefficient (Wildman–Crippen LogP) is 5.09. The summed E-state index contributed by atoms with van der Waals surface area (Å²) in [5.41, 5.74) is 2.86. The molecule has 5 nitrogen and oxygen atoms in total. The summed E-state index contributed by atoms with van der Waals surface area (Å²) in [4.78, 5) is 17.0. The van der Waals surface area contributed by atoms with E-state index < -0.39 is 0 Å². The Kier molecular flexibility index (Phi) is 7.06. The normalized spacial score (nSPS) is 11.8. The summed E-state index contributed by atoms with van der Waals surface area (Å²) in [6.45, 7) is 4.66. The van der Waals surface area contributed by atoms with Crippen molar-refractivity contribution in [3.8, 4) is 22.1 Å². The van der Waals surface area contributed by atoms with E-state index in [0.29, 0.717) is 12.4 Å². The quantitative estimate of drug-likeness (QED) is 0.528. The molecule has 0 radical (unpaired) electrons. The van der Waals surface area contributed by atoms with Crippen molar-refractivity contribution >= 4 is 28.6 Å². The van der Waals surface area contributed by atoms with E-state index in [9.17, 15) is 4.79 Å². The number of aromatic nitrogens is 1. The Labute approximate surface area is 173 Å². The first-order valence-corrected chi connectivity index (χ1v) is 11.0. The Bertz CT molecular complexity index is 906. The van der Waals surface area contributed by atoms with Crippen molar-refractivity contribution < 1.29 is 14.3 Å². The molecule has 1 aromatic carbocycles. The van der Waals surface area contributed by atoms with Crippen LogP contribution in [0.1, 0.15) is 37.6 Å². The molecule has 148 valence electrons. The summed E-state index contributed by atoms with van der Waals surface area (Å²) in [5.74, 6) is 1.34. The van der Waals surface area contributed by atoms with Gasteiger partial charge in [0.2, 0.25) is 5.91 Å². The predicted molar refractivity (Wildman–Crippen MR) is 114 cm³/mol. The number of benzene rings is 1. The average molecular weight is 417 g/mol. The number of methoxy groups -OCH3 is 1. The number of rotatable bonds is 9. The lowest BCUT2D eigenvalue weighted by atomic mass is 10.1. The number of nitrogens with one attached hydrogen (secondary N) is 1. The molecule has 1 unspecified atom stereocenters. The molecule has 0 saturated heterocycles. The topological polar surface area (TPSA) is 60.5 Å². The number of amides is 1. The molecule has 3 aromatic rings. The van der Waals surface area contributed by atoms with Crippen LogP contribution in [0.2, 0.25) is 0 Å². The minimum atomic E-state index is -0.142. The highest BCUT2D eigenvalue weighted by atomic mass is 32.1. The lowest BCUT2D eigenvalue weighted by Crippen LogP contribution is -2.28. The summed E-state index contributed by atoms with van der Waals surface area (Å²) < 4.78 is 11.1. The first-order chi connectivity index (χ1) is 13.6. The minimum Gasteiger partial charge on any atom is -0.493 e. The zero-order chi connectivity index (χ0) is 19.9. The summed E-state index contributed by atoms with van der Waals surface area (Å²) in [6.07, 6.45) is 1.20. The summed E-state index contributed by atoms with van der Waals surface area (Å²) >= 11 is 3.20. The molecule has 7 heteroatoms. The van der Waals surface area contributed by atoms with Crippen molar-refractivity contribution in [1.82, 2.24) is 10.3 Å². The van der Waals surface area contributed by atoms with Crippen molar-refractivity contribution in [2.45, 2.75) is 32.7 Å². The maximum atomic E-state index is 12.5. The molecular formula is C21H24N2O3S2. The number of carbonyl (C=O) groups is 1. The molecule has 0 spiro atoms. The molecule has 0 fully saturated rings.